The number of likely N-dealkylation sites (tertiary alicyclic amines) is 1. The molecule has 4 rings (SSSR count). The SMILES string of the molecule is COCC1CCCN(C(=O)Nc2ccc(F)cc2-c2nc3ccccc3s2)C1. The molecule has 2 amide bonds. The number of nitrogens with zero attached hydrogens (tertiary/aromatic N) is 2. The van der Waals surface area contributed by atoms with Crippen LogP contribution in [0.4, 0.5) is 14.9 Å². The first-order chi connectivity index (χ1) is 13.6. The van der Waals surface area contributed by atoms with Crippen LogP contribution in [-0.2, 0) is 4.74 Å². The van der Waals surface area contributed by atoms with Crippen LogP contribution < -0.4 is 5.32 Å². The molecule has 7 heteroatoms. The zero-order valence-electron chi connectivity index (χ0n) is 15.7. The van der Waals surface area contributed by atoms with Gasteiger partial charge in [-0.25, -0.2) is 14.2 Å². The van der Waals surface area contributed by atoms with Gasteiger partial charge in [0.15, 0.2) is 0 Å². The molecule has 1 atom stereocenters. The van der Waals surface area contributed by atoms with Crippen LogP contribution in [0.25, 0.3) is 20.8 Å². The lowest BCUT2D eigenvalue weighted by Crippen LogP contribution is -2.43. The molecule has 146 valence electrons. The van der Waals surface area contributed by atoms with Crippen molar-refractivity contribution in [3.05, 3.63) is 48.3 Å². The maximum atomic E-state index is 14.0. The number of halogens is 1. The molecule has 0 saturated carbocycles. The van der Waals surface area contributed by atoms with Crippen LogP contribution in [0.1, 0.15) is 12.8 Å². The minimum absolute atomic E-state index is 0.172. The molecule has 0 bridgehead atoms. The molecule has 0 radical (unpaired) electrons. The average Bonchev–Trinajstić information content (AvgIpc) is 3.14. The number of hydrogen-bond acceptors (Lipinski definition) is 4. The standard InChI is InChI=1S/C21H22FN3O2S/c1-27-13-14-5-4-10-25(12-14)21(26)24-17-9-8-15(22)11-16(17)20-23-18-6-2-3-7-19(18)28-20/h2-3,6-9,11,14H,4-5,10,12-13H2,1H3,(H,24,26). The van der Waals surface area contributed by atoms with Crippen LogP contribution in [0.5, 0.6) is 0 Å². The number of piperidine rings is 1. The number of methoxy groups -OCH3 is 1. The Bertz CT molecular complexity index is 956. The predicted octanol–water partition coefficient (Wildman–Crippen LogP) is 4.99. The maximum absolute atomic E-state index is 14.0. The zero-order chi connectivity index (χ0) is 19.5. The molecule has 0 aliphatic carbocycles. The molecule has 1 N–H and O–H groups in total. The lowest BCUT2D eigenvalue weighted by molar-refractivity contribution is 0.104. The second-order valence-corrected chi connectivity index (χ2v) is 8.05. The van der Waals surface area contributed by atoms with Crippen LogP contribution in [-0.4, -0.2) is 42.7 Å². The van der Waals surface area contributed by atoms with Crippen LogP contribution >= 0.6 is 11.3 Å². The smallest absolute Gasteiger partial charge is 0.321 e. The van der Waals surface area contributed by atoms with Gasteiger partial charge in [-0.3, -0.25) is 0 Å². The summed E-state index contributed by atoms with van der Waals surface area (Å²) >= 11 is 1.48. The molecule has 5 nitrogen and oxygen atoms in total. The number of carbonyl (C=O) groups excluding carboxylic acids is 1. The first kappa shape index (κ1) is 18.8. The maximum Gasteiger partial charge on any atom is 0.321 e. The first-order valence-electron chi connectivity index (χ1n) is 9.34. The molecule has 28 heavy (non-hydrogen) atoms. The minimum Gasteiger partial charge on any atom is -0.384 e. The highest BCUT2D eigenvalue weighted by Gasteiger charge is 2.24. The Morgan fingerprint density at radius 3 is 3.04 bits per heavy atom. The highest BCUT2D eigenvalue weighted by molar-refractivity contribution is 7.21. The molecule has 3 aromatic rings. The third-order valence-corrected chi connectivity index (χ3v) is 6.03. The Morgan fingerprint density at radius 2 is 2.21 bits per heavy atom. The monoisotopic (exact) mass is 399 g/mol. The summed E-state index contributed by atoms with van der Waals surface area (Å²) in [6, 6.07) is 12.0. The van der Waals surface area contributed by atoms with Crippen LogP contribution in [0, 0.1) is 11.7 Å². The van der Waals surface area contributed by atoms with Gasteiger partial charge in [0.05, 0.1) is 22.5 Å². The van der Waals surface area contributed by atoms with E-state index in [9.17, 15) is 9.18 Å². The summed E-state index contributed by atoms with van der Waals surface area (Å²) in [5.41, 5.74) is 2.03. The molecule has 1 unspecified atom stereocenters. The Balaban J connectivity index is 1.59. The number of aromatic nitrogens is 1. The fourth-order valence-corrected chi connectivity index (χ4v) is 4.60. The van der Waals surface area contributed by atoms with Crippen LogP contribution in [0.3, 0.4) is 0 Å². The minimum atomic E-state index is -0.356. The van der Waals surface area contributed by atoms with Crippen molar-refractivity contribution in [1.29, 1.82) is 0 Å². The van der Waals surface area contributed by atoms with Gasteiger partial charge in [0.25, 0.3) is 0 Å². The summed E-state index contributed by atoms with van der Waals surface area (Å²) in [4.78, 5) is 19.2. The Morgan fingerprint density at radius 1 is 1.36 bits per heavy atom. The van der Waals surface area contributed by atoms with E-state index in [0.717, 1.165) is 23.1 Å². The van der Waals surface area contributed by atoms with Gasteiger partial charge in [0.2, 0.25) is 0 Å². The normalized spacial score (nSPS) is 17.1. The summed E-state index contributed by atoms with van der Waals surface area (Å²) in [6.07, 6.45) is 2.01. The van der Waals surface area contributed by atoms with E-state index in [-0.39, 0.29) is 11.8 Å². The average molecular weight is 399 g/mol. The van der Waals surface area contributed by atoms with Gasteiger partial charge >= 0.3 is 6.03 Å². The summed E-state index contributed by atoms with van der Waals surface area (Å²) in [5, 5.41) is 3.65. The molecule has 2 heterocycles. The number of ether oxygens (including phenoxy) is 1. The number of para-hydroxylation sites is 1. The number of carbonyl (C=O) groups is 1. The van der Waals surface area contributed by atoms with Crippen molar-refractivity contribution in [3.8, 4) is 10.6 Å². The van der Waals surface area contributed by atoms with Gasteiger partial charge in [0, 0.05) is 31.7 Å². The molecule has 1 fully saturated rings. The van der Waals surface area contributed by atoms with Crippen molar-refractivity contribution >= 4 is 33.3 Å². The molecular formula is C21H22FN3O2S. The fourth-order valence-electron chi connectivity index (χ4n) is 3.61. The number of hydrogen-bond donors (Lipinski definition) is 1. The van der Waals surface area contributed by atoms with Gasteiger partial charge in [-0.1, -0.05) is 12.1 Å². The Hall–Kier alpha value is -2.51. The molecule has 0 spiro atoms. The number of amides is 2. The van der Waals surface area contributed by atoms with Gasteiger partial charge in [-0.2, -0.15) is 0 Å². The molecule has 1 aromatic heterocycles. The highest BCUT2D eigenvalue weighted by Crippen LogP contribution is 2.35. The van der Waals surface area contributed by atoms with Gasteiger partial charge in [0.1, 0.15) is 10.8 Å². The molecule has 2 aromatic carbocycles. The van der Waals surface area contributed by atoms with E-state index in [2.05, 4.69) is 10.3 Å². The summed E-state index contributed by atoms with van der Waals surface area (Å²) in [7, 11) is 1.68. The van der Waals surface area contributed by atoms with Crippen molar-refractivity contribution in [2.24, 2.45) is 5.92 Å². The van der Waals surface area contributed by atoms with Crippen molar-refractivity contribution in [2.75, 3.05) is 32.1 Å². The van der Waals surface area contributed by atoms with Crippen molar-refractivity contribution in [2.45, 2.75) is 12.8 Å². The second-order valence-electron chi connectivity index (χ2n) is 7.02. The topological polar surface area (TPSA) is 54.5 Å². The van der Waals surface area contributed by atoms with E-state index in [1.807, 2.05) is 24.3 Å². The quantitative estimate of drug-likeness (QED) is 0.672. The van der Waals surface area contributed by atoms with Crippen molar-refractivity contribution < 1.29 is 13.9 Å². The number of benzene rings is 2. The predicted molar refractivity (Wildman–Crippen MR) is 110 cm³/mol. The van der Waals surface area contributed by atoms with E-state index in [1.54, 1.807) is 18.1 Å². The number of fused-ring (bicyclic) bond motifs is 1. The van der Waals surface area contributed by atoms with Gasteiger partial charge in [-0.15, -0.1) is 11.3 Å². The Labute approximate surface area is 167 Å². The third-order valence-electron chi connectivity index (χ3n) is 4.96. The van der Waals surface area contributed by atoms with Crippen LogP contribution in [0.15, 0.2) is 42.5 Å². The van der Waals surface area contributed by atoms with Crippen molar-refractivity contribution in [1.82, 2.24) is 9.88 Å². The van der Waals surface area contributed by atoms with E-state index >= 15 is 0 Å². The lowest BCUT2D eigenvalue weighted by atomic mass is 9.99. The van der Waals surface area contributed by atoms with Gasteiger partial charge < -0.3 is 15.0 Å². The number of nitrogens with one attached hydrogen (secondary N) is 1. The summed E-state index contributed by atoms with van der Waals surface area (Å²) in [5.74, 6) is -0.00756. The largest absolute Gasteiger partial charge is 0.384 e. The number of thiazole rings is 1. The number of rotatable bonds is 4. The first-order valence-corrected chi connectivity index (χ1v) is 10.2. The molecule has 1 aliphatic rings. The van der Waals surface area contributed by atoms with E-state index < -0.39 is 0 Å². The Kier molecular flexibility index (Phi) is 5.54. The van der Waals surface area contributed by atoms with E-state index in [4.69, 9.17) is 4.74 Å². The summed E-state index contributed by atoms with van der Waals surface area (Å²) in [6.45, 7) is 2.03. The van der Waals surface area contributed by atoms with Crippen molar-refractivity contribution in [3.63, 3.8) is 0 Å². The fraction of sp³-hybridized carbons (Fsp3) is 0.333. The number of urea groups is 1. The zero-order valence-corrected chi connectivity index (χ0v) is 16.5. The van der Waals surface area contributed by atoms with Gasteiger partial charge in [-0.05, 0) is 43.2 Å². The van der Waals surface area contributed by atoms with E-state index in [1.165, 1.54) is 23.5 Å². The third kappa shape index (κ3) is 4.00. The molecule has 1 aliphatic heterocycles. The van der Waals surface area contributed by atoms with E-state index in [0.29, 0.717) is 41.9 Å². The second kappa shape index (κ2) is 8.24. The molecular weight excluding hydrogens is 377 g/mol. The van der Waals surface area contributed by atoms with Crippen LogP contribution in [0.2, 0.25) is 0 Å². The lowest BCUT2D eigenvalue weighted by Gasteiger charge is -2.32. The summed E-state index contributed by atoms with van der Waals surface area (Å²) < 4.78 is 20.2. The number of anilines is 1. The molecule has 1 saturated heterocycles. The highest BCUT2D eigenvalue weighted by atomic mass is 32.1.